The number of hydrogen-bond donors (Lipinski definition) is 1. The van der Waals surface area contributed by atoms with E-state index in [4.69, 9.17) is 4.42 Å². The molecule has 0 fully saturated rings. The van der Waals surface area contributed by atoms with Crippen LogP contribution in [0.25, 0.3) is 6.08 Å². The van der Waals surface area contributed by atoms with Gasteiger partial charge in [0.1, 0.15) is 11.5 Å². The summed E-state index contributed by atoms with van der Waals surface area (Å²) >= 11 is 0. The number of amides is 2. The van der Waals surface area contributed by atoms with E-state index in [0.717, 1.165) is 0 Å². The molecule has 0 unspecified atom stereocenters. The van der Waals surface area contributed by atoms with Crippen LogP contribution >= 0.6 is 0 Å². The molecule has 0 spiro atoms. The van der Waals surface area contributed by atoms with Crippen LogP contribution < -0.4 is 5.32 Å². The molecule has 1 aromatic carbocycles. The highest BCUT2D eigenvalue weighted by Crippen LogP contribution is 2.11. The van der Waals surface area contributed by atoms with Crippen molar-refractivity contribution in [2.75, 3.05) is 13.1 Å². The number of carbonyl (C=O) groups is 2. The van der Waals surface area contributed by atoms with Gasteiger partial charge >= 0.3 is 0 Å². The van der Waals surface area contributed by atoms with E-state index in [-0.39, 0.29) is 23.2 Å². The summed E-state index contributed by atoms with van der Waals surface area (Å²) in [5.74, 6) is -1.10. The van der Waals surface area contributed by atoms with Gasteiger partial charge in [0.05, 0.1) is 6.26 Å². The molecule has 0 saturated carbocycles. The molecule has 1 aromatic heterocycles. The van der Waals surface area contributed by atoms with E-state index in [1.165, 1.54) is 42.7 Å². The van der Waals surface area contributed by atoms with Gasteiger partial charge in [-0.3, -0.25) is 9.59 Å². The molecule has 0 aliphatic heterocycles. The Labute approximate surface area is 139 Å². The molecule has 2 aromatic rings. The van der Waals surface area contributed by atoms with Crippen molar-refractivity contribution in [3.63, 3.8) is 0 Å². The molecular weight excluding hydrogens is 311 g/mol. The molecule has 2 rings (SSSR count). The molecule has 0 saturated heterocycles. The Kier molecular flexibility index (Phi) is 5.89. The lowest BCUT2D eigenvalue weighted by molar-refractivity contribution is -0.127. The third-order valence-electron chi connectivity index (χ3n) is 3.46. The normalized spacial score (nSPS) is 11.2. The van der Waals surface area contributed by atoms with Crippen molar-refractivity contribution in [3.05, 3.63) is 65.5 Å². The number of nitrogens with one attached hydrogen (secondary N) is 1. The first-order valence-corrected chi connectivity index (χ1v) is 7.66. The molecule has 24 heavy (non-hydrogen) atoms. The lowest BCUT2D eigenvalue weighted by Crippen LogP contribution is -2.38. The summed E-state index contributed by atoms with van der Waals surface area (Å²) in [4.78, 5) is 26.4. The van der Waals surface area contributed by atoms with Gasteiger partial charge in [0.2, 0.25) is 0 Å². The van der Waals surface area contributed by atoms with Gasteiger partial charge in [-0.05, 0) is 49.8 Å². The monoisotopic (exact) mass is 330 g/mol. The summed E-state index contributed by atoms with van der Waals surface area (Å²) in [6.07, 6.45) is 2.89. The number of nitrogens with zero attached hydrogens (tertiary/aromatic N) is 1. The summed E-state index contributed by atoms with van der Waals surface area (Å²) in [7, 11) is 0. The summed E-state index contributed by atoms with van der Waals surface area (Å²) in [5, 5.41) is 2.57. The topological polar surface area (TPSA) is 62.6 Å². The molecule has 0 aliphatic carbocycles. The van der Waals surface area contributed by atoms with Crippen molar-refractivity contribution in [1.82, 2.24) is 10.2 Å². The Morgan fingerprint density at radius 3 is 2.38 bits per heavy atom. The predicted octanol–water partition coefficient (Wildman–Crippen LogP) is 3.06. The average Bonchev–Trinajstić information content (AvgIpc) is 3.12. The third-order valence-corrected chi connectivity index (χ3v) is 3.46. The van der Waals surface area contributed by atoms with Crippen LogP contribution in [0.3, 0.4) is 0 Å². The molecule has 0 radical (unpaired) electrons. The Morgan fingerprint density at radius 2 is 1.83 bits per heavy atom. The van der Waals surface area contributed by atoms with Crippen molar-refractivity contribution in [2.24, 2.45) is 0 Å². The molecule has 1 N–H and O–H groups in total. The highest BCUT2D eigenvalue weighted by atomic mass is 19.1. The zero-order valence-electron chi connectivity index (χ0n) is 13.6. The number of carbonyl (C=O) groups excluding carboxylic acids is 2. The molecule has 5 nitrogen and oxygen atoms in total. The van der Waals surface area contributed by atoms with E-state index < -0.39 is 5.91 Å². The lowest BCUT2D eigenvalue weighted by atomic mass is 10.1. The van der Waals surface area contributed by atoms with Crippen LogP contribution in [-0.2, 0) is 4.79 Å². The standard InChI is InChI=1S/C18H19FN2O3/c1-3-21(4-2)18(23)15(12-13-7-9-14(19)10-8-13)20-17(22)16-6-5-11-24-16/h5-12H,3-4H2,1-2H3,(H,20,22). The van der Waals surface area contributed by atoms with Crippen LogP contribution in [0.1, 0.15) is 30.0 Å². The van der Waals surface area contributed by atoms with Crippen LogP contribution in [0, 0.1) is 5.82 Å². The maximum absolute atomic E-state index is 13.0. The van der Waals surface area contributed by atoms with Crippen molar-refractivity contribution < 1.29 is 18.4 Å². The largest absolute Gasteiger partial charge is 0.459 e. The SMILES string of the molecule is CCN(CC)C(=O)C(=Cc1ccc(F)cc1)NC(=O)c1ccco1. The van der Waals surface area contributed by atoms with Gasteiger partial charge in [0.25, 0.3) is 11.8 Å². The number of benzene rings is 1. The highest BCUT2D eigenvalue weighted by Gasteiger charge is 2.19. The molecule has 1 heterocycles. The molecule has 0 aliphatic rings. The van der Waals surface area contributed by atoms with Gasteiger partial charge in [0.15, 0.2) is 5.76 Å². The smallest absolute Gasteiger partial charge is 0.291 e. The first-order valence-electron chi connectivity index (χ1n) is 7.66. The van der Waals surface area contributed by atoms with E-state index in [0.29, 0.717) is 18.7 Å². The van der Waals surface area contributed by atoms with E-state index in [1.54, 1.807) is 11.0 Å². The molecule has 0 bridgehead atoms. The summed E-state index contributed by atoms with van der Waals surface area (Å²) in [6.45, 7) is 4.72. The third kappa shape index (κ3) is 4.32. The molecule has 6 heteroatoms. The quantitative estimate of drug-likeness (QED) is 0.828. The molecule has 2 amide bonds. The Bertz CT molecular complexity index is 717. The van der Waals surface area contributed by atoms with Gasteiger partial charge in [-0.15, -0.1) is 0 Å². The Hall–Kier alpha value is -2.89. The van der Waals surface area contributed by atoms with E-state index in [9.17, 15) is 14.0 Å². The zero-order chi connectivity index (χ0) is 17.5. The summed E-state index contributed by atoms with van der Waals surface area (Å²) < 4.78 is 18.1. The van der Waals surface area contributed by atoms with E-state index >= 15 is 0 Å². The fourth-order valence-corrected chi connectivity index (χ4v) is 2.15. The minimum Gasteiger partial charge on any atom is -0.459 e. The van der Waals surface area contributed by atoms with Crippen LogP contribution in [0.5, 0.6) is 0 Å². The number of furan rings is 1. The number of hydrogen-bond acceptors (Lipinski definition) is 3. The van der Waals surface area contributed by atoms with E-state index in [1.807, 2.05) is 13.8 Å². The second-order valence-corrected chi connectivity index (χ2v) is 5.02. The van der Waals surface area contributed by atoms with Crippen LogP contribution in [0.2, 0.25) is 0 Å². The molecule has 0 atom stereocenters. The van der Waals surface area contributed by atoms with Crippen LogP contribution in [-0.4, -0.2) is 29.8 Å². The van der Waals surface area contributed by atoms with Gasteiger partial charge in [-0.2, -0.15) is 0 Å². The summed E-state index contributed by atoms with van der Waals surface area (Å²) in [5.41, 5.74) is 0.707. The fraction of sp³-hybridized carbons (Fsp3) is 0.222. The first kappa shape index (κ1) is 17.5. The van der Waals surface area contributed by atoms with Crippen molar-refractivity contribution in [2.45, 2.75) is 13.8 Å². The second-order valence-electron chi connectivity index (χ2n) is 5.02. The van der Waals surface area contributed by atoms with Gasteiger partial charge in [-0.1, -0.05) is 12.1 Å². The zero-order valence-corrected chi connectivity index (χ0v) is 13.6. The lowest BCUT2D eigenvalue weighted by Gasteiger charge is -2.20. The minimum absolute atomic E-state index is 0.103. The van der Waals surface area contributed by atoms with E-state index in [2.05, 4.69) is 5.32 Å². The van der Waals surface area contributed by atoms with Crippen molar-refractivity contribution in [1.29, 1.82) is 0 Å². The number of rotatable bonds is 6. The molecule has 126 valence electrons. The van der Waals surface area contributed by atoms with Gasteiger partial charge < -0.3 is 14.6 Å². The predicted molar refractivity (Wildman–Crippen MR) is 88.5 cm³/mol. The maximum atomic E-state index is 13.0. The van der Waals surface area contributed by atoms with Crippen molar-refractivity contribution >= 4 is 17.9 Å². The van der Waals surface area contributed by atoms with Crippen LogP contribution in [0.4, 0.5) is 4.39 Å². The Balaban J connectivity index is 2.31. The Morgan fingerprint density at radius 1 is 1.17 bits per heavy atom. The average molecular weight is 330 g/mol. The first-order chi connectivity index (χ1) is 11.5. The summed E-state index contributed by atoms with van der Waals surface area (Å²) in [6, 6.07) is 8.74. The fourth-order valence-electron chi connectivity index (χ4n) is 2.15. The van der Waals surface area contributed by atoms with Crippen molar-refractivity contribution in [3.8, 4) is 0 Å². The highest BCUT2D eigenvalue weighted by molar-refractivity contribution is 6.04. The molecular formula is C18H19FN2O3. The van der Waals surface area contributed by atoms with Gasteiger partial charge in [-0.25, -0.2) is 4.39 Å². The van der Waals surface area contributed by atoms with Crippen LogP contribution in [0.15, 0.2) is 52.8 Å². The second kappa shape index (κ2) is 8.10. The maximum Gasteiger partial charge on any atom is 0.291 e. The van der Waals surface area contributed by atoms with Gasteiger partial charge in [0, 0.05) is 13.1 Å². The number of likely N-dealkylation sites (N-methyl/N-ethyl adjacent to an activating group) is 1. The number of halogens is 1. The minimum atomic E-state index is -0.520.